The Morgan fingerprint density at radius 2 is 1.91 bits per heavy atom. The topological polar surface area (TPSA) is 72.2 Å². The molecular formula is C16H22N2O3S. The van der Waals surface area contributed by atoms with Crippen LogP contribution < -0.4 is 4.72 Å². The fraction of sp³-hybridized carbons (Fsp3) is 0.438. The van der Waals surface area contributed by atoms with Crippen LogP contribution in [0.4, 0.5) is 0 Å². The minimum absolute atomic E-state index is 0.135. The number of sulfonamides is 1. The number of nitrogens with one attached hydrogen (secondary N) is 1. The van der Waals surface area contributed by atoms with Crippen molar-refractivity contribution < 1.29 is 12.9 Å². The Bertz CT molecular complexity index is 759. The second-order valence-corrected chi connectivity index (χ2v) is 7.25. The Balaban J connectivity index is 2.38. The molecule has 22 heavy (non-hydrogen) atoms. The summed E-state index contributed by atoms with van der Waals surface area (Å²) in [6, 6.07) is 5.76. The normalized spacial score (nSPS) is 13.3. The maximum absolute atomic E-state index is 12.6. The van der Waals surface area contributed by atoms with Gasteiger partial charge in [-0.3, -0.25) is 0 Å². The number of aryl methyl sites for hydroxylation is 4. The summed E-state index contributed by atoms with van der Waals surface area (Å²) >= 11 is 0. The minimum atomic E-state index is -3.67. The third kappa shape index (κ3) is 3.23. The predicted molar refractivity (Wildman–Crippen MR) is 85.2 cm³/mol. The zero-order valence-corrected chi connectivity index (χ0v) is 14.4. The van der Waals surface area contributed by atoms with Crippen LogP contribution in [0.1, 0.15) is 47.5 Å². The van der Waals surface area contributed by atoms with Crippen molar-refractivity contribution in [1.29, 1.82) is 0 Å². The van der Waals surface area contributed by atoms with E-state index in [-0.39, 0.29) is 10.9 Å². The highest BCUT2D eigenvalue weighted by molar-refractivity contribution is 7.89. The van der Waals surface area contributed by atoms with E-state index in [2.05, 4.69) is 15.9 Å². The predicted octanol–water partition coefficient (Wildman–Crippen LogP) is 3.34. The van der Waals surface area contributed by atoms with Gasteiger partial charge in [0.15, 0.2) is 5.76 Å². The molecule has 0 fully saturated rings. The standard InChI is InChI=1S/C16H22N2O3S/c1-6-15(14-8-7-10(2)9-11(14)3)18-22(19,20)16-12(4)17-21-13(16)5/h7-9,15,18H,6H2,1-5H3. The first-order chi connectivity index (χ1) is 10.3. The van der Waals surface area contributed by atoms with Gasteiger partial charge < -0.3 is 4.52 Å². The molecule has 1 atom stereocenters. The number of benzene rings is 1. The van der Waals surface area contributed by atoms with E-state index in [1.54, 1.807) is 13.8 Å². The highest BCUT2D eigenvalue weighted by atomic mass is 32.2. The lowest BCUT2D eigenvalue weighted by Gasteiger charge is -2.19. The minimum Gasteiger partial charge on any atom is -0.360 e. The summed E-state index contributed by atoms with van der Waals surface area (Å²) in [6.07, 6.45) is 0.659. The summed E-state index contributed by atoms with van der Waals surface area (Å²) in [6.45, 7) is 9.20. The van der Waals surface area contributed by atoms with Crippen LogP contribution in [0.2, 0.25) is 0 Å². The van der Waals surface area contributed by atoms with E-state index in [0.29, 0.717) is 17.9 Å². The van der Waals surface area contributed by atoms with Crippen molar-refractivity contribution in [3.63, 3.8) is 0 Å². The van der Waals surface area contributed by atoms with E-state index < -0.39 is 10.0 Å². The number of hydrogen-bond acceptors (Lipinski definition) is 4. The van der Waals surface area contributed by atoms with Crippen LogP contribution in [0.15, 0.2) is 27.6 Å². The van der Waals surface area contributed by atoms with Crippen LogP contribution >= 0.6 is 0 Å². The first-order valence-electron chi connectivity index (χ1n) is 7.28. The molecule has 0 radical (unpaired) electrons. The van der Waals surface area contributed by atoms with Crippen LogP contribution in [0.25, 0.3) is 0 Å². The molecule has 5 nitrogen and oxygen atoms in total. The summed E-state index contributed by atoms with van der Waals surface area (Å²) in [7, 11) is -3.67. The average molecular weight is 322 g/mol. The molecule has 6 heteroatoms. The Labute approximate surface area is 131 Å². The van der Waals surface area contributed by atoms with Gasteiger partial charge in [0.25, 0.3) is 0 Å². The van der Waals surface area contributed by atoms with Crippen molar-refractivity contribution in [3.8, 4) is 0 Å². The maximum Gasteiger partial charge on any atom is 0.246 e. The summed E-state index contributed by atoms with van der Waals surface area (Å²) in [5, 5.41) is 3.72. The molecule has 0 amide bonds. The molecule has 0 aliphatic heterocycles. The van der Waals surface area contributed by atoms with E-state index in [9.17, 15) is 8.42 Å². The van der Waals surface area contributed by atoms with E-state index >= 15 is 0 Å². The van der Waals surface area contributed by atoms with Gasteiger partial charge in [0, 0.05) is 6.04 Å². The molecule has 0 aliphatic carbocycles. The van der Waals surface area contributed by atoms with E-state index in [1.807, 2.05) is 32.9 Å². The van der Waals surface area contributed by atoms with Crippen molar-refractivity contribution in [2.45, 2.75) is 52.0 Å². The van der Waals surface area contributed by atoms with Crippen molar-refractivity contribution >= 4 is 10.0 Å². The largest absolute Gasteiger partial charge is 0.360 e. The lowest BCUT2D eigenvalue weighted by molar-refractivity contribution is 0.390. The molecule has 2 aromatic rings. The van der Waals surface area contributed by atoms with Gasteiger partial charge in [0.1, 0.15) is 10.6 Å². The highest BCUT2D eigenvalue weighted by Crippen LogP contribution is 2.26. The van der Waals surface area contributed by atoms with Crippen molar-refractivity contribution in [2.24, 2.45) is 0 Å². The number of rotatable bonds is 5. The van der Waals surface area contributed by atoms with Gasteiger partial charge in [0.05, 0.1) is 0 Å². The summed E-state index contributed by atoms with van der Waals surface area (Å²) in [4.78, 5) is 0.135. The SMILES string of the molecule is CCC(NS(=O)(=O)c1c(C)noc1C)c1ccc(C)cc1C. The number of hydrogen-bond donors (Lipinski definition) is 1. The van der Waals surface area contributed by atoms with Gasteiger partial charge in [0.2, 0.25) is 10.0 Å². The van der Waals surface area contributed by atoms with E-state index in [4.69, 9.17) is 4.52 Å². The Morgan fingerprint density at radius 3 is 2.41 bits per heavy atom. The quantitative estimate of drug-likeness (QED) is 0.916. The van der Waals surface area contributed by atoms with Crippen LogP contribution in [0.3, 0.4) is 0 Å². The maximum atomic E-state index is 12.6. The number of aromatic nitrogens is 1. The molecule has 1 aromatic carbocycles. The zero-order valence-electron chi connectivity index (χ0n) is 13.6. The van der Waals surface area contributed by atoms with Crippen molar-refractivity contribution in [2.75, 3.05) is 0 Å². The molecule has 1 aromatic heterocycles. The second kappa shape index (κ2) is 6.22. The van der Waals surface area contributed by atoms with E-state index in [1.165, 1.54) is 0 Å². The molecule has 1 unspecified atom stereocenters. The Kier molecular flexibility index (Phi) is 4.72. The molecule has 0 spiro atoms. The van der Waals surface area contributed by atoms with Crippen molar-refractivity contribution in [1.82, 2.24) is 9.88 Å². The smallest absolute Gasteiger partial charge is 0.246 e. The molecule has 1 heterocycles. The number of nitrogens with zero attached hydrogens (tertiary/aromatic N) is 1. The molecule has 1 N–H and O–H groups in total. The average Bonchev–Trinajstić information content (AvgIpc) is 2.76. The summed E-state index contributed by atoms with van der Waals surface area (Å²) in [5.74, 6) is 0.306. The lowest BCUT2D eigenvalue weighted by Crippen LogP contribution is -2.29. The van der Waals surface area contributed by atoms with Crippen LogP contribution in [0, 0.1) is 27.7 Å². The molecule has 120 valence electrons. The fourth-order valence-electron chi connectivity index (χ4n) is 2.69. The van der Waals surface area contributed by atoms with Gasteiger partial charge in [-0.15, -0.1) is 0 Å². The molecule has 0 aliphatic rings. The van der Waals surface area contributed by atoms with Crippen LogP contribution in [0.5, 0.6) is 0 Å². The van der Waals surface area contributed by atoms with Gasteiger partial charge in [-0.05, 0) is 45.2 Å². The monoisotopic (exact) mass is 322 g/mol. The Morgan fingerprint density at radius 1 is 1.23 bits per heavy atom. The van der Waals surface area contributed by atoms with Gasteiger partial charge in [-0.25, -0.2) is 13.1 Å². The summed E-state index contributed by atoms with van der Waals surface area (Å²) in [5.41, 5.74) is 3.60. The van der Waals surface area contributed by atoms with E-state index in [0.717, 1.165) is 16.7 Å². The zero-order chi connectivity index (χ0) is 16.5. The molecular weight excluding hydrogens is 300 g/mol. The summed E-state index contributed by atoms with van der Waals surface area (Å²) < 4.78 is 33.0. The van der Waals surface area contributed by atoms with Gasteiger partial charge in [-0.1, -0.05) is 35.8 Å². The molecule has 0 saturated heterocycles. The van der Waals surface area contributed by atoms with Crippen molar-refractivity contribution in [3.05, 3.63) is 46.3 Å². The Hall–Kier alpha value is -1.66. The second-order valence-electron chi connectivity index (χ2n) is 5.60. The molecule has 0 bridgehead atoms. The third-order valence-electron chi connectivity index (χ3n) is 3.74. The lowest BCUT2D eigenvalue weighted by atomic mass is 9.98. The van der Waals surface area contributed by atoms with Gasteiger partial charge in [-0.2, -0.15) is 0 Å². The third-order valence-corrected chi connectivity index (χ3v) is 5.46. The molecule has 0 saturated carbocycles. The molecule has 2 rings (SSSR count). The highest BCUT2D eigenvalue weighted by Gasteiger charge is 2.27. The fourth-order valence-corrected chi connectivity index (χ4v) is 4.32. The first kappa shape index (κ1) is 16.7. The van der Waals surface area contributed by atoms with Crippen LogP contribution in [-0.2, 0) is 10.0 Å². The van der Waals surface area contributed by atoms with Crippen LogP contribution in [-0.4, -0.2) is 13.6 Å². The van der Waals surface area contributed by atoms with Gasteiger partial charge >= 0.3 is 0 Å². The first-order valence-corrected chi connectivity index (χ1v) is 8.77.